The van der Waals surface area contributed by atoms with Crippen molar-refractivity contribution in [2.75, 3.05) is 18.6 Å². The summed E-state index contributed by atoms with van der Waals surface area (Å²) in [4.78, 5) is 22.1. The number of carbonyl (C=O) groups excluding carboxylic acids is 1. The number of methoxy groups -OCH3 is 1. The molecular weight excluding hydrogens is 266 g/mol. The SMILES string of the molecule is COC(=O)c1cnc(N2CC(C)Cc3ccccc32)cn1. The summed E-state index contributed by atoms with van der Waals surface area (Å²) in [5.74, 6) is 0.824. The molecule has 1 atom stereocenters. The lowest BCUT2D eigenvalue weighted by Crippen LogP contribution is -2.31. The van der Waals surface area contributed by atoms with Crippen LogP contribution in [0.2, 0.25) is 0 Å². The summed E-state index contributed by atoms with van der Waals surface area (Å²) < 4.78 is 4.64. The van der Waals surface area contributed by atoms with E-state index in [-0.39, 0.29) is 5.69 Å². The molecule has 0 spiro atoms. The maximum absolute atomic E-state index is 11.4. The third-order valence-corrected chi connectivity index (χ3v) is 3.65. The van der Waals surface area contributed by atoms with Crippen LogP contribution in [0.1, 0.15) is 23.0 Å². The smallest absolute Gasteiger partial charge is 0.358 e. The Labute approximate surface area is 123 Å². The average molecular weight is 283 g/mol. The maximum Gasteiger partial charge on any atom is 0.358 e. The highest BCUT2D eigenvalue weighted by Gasteiger charge is 2.23. The molecule has 5 nitrogen and oxygen atoms in total. The van der Waals surface area contributed by atoms with Crippen LogP contribution in [-0.4, -0.2) is 29.6 Å². The Bertz CT molecular complexity index is 655. The average Bonchev–Trinajstić information content (AvgIpc) is 2.53. The summed E-state index contributed by atoms with van der Waals surface area (Å²) in [6, 6.07) is 8.32. The fourth-order valence-corrected chi connectivity index (χ4v) is 2.68. The summed E-state index contributed by atoms with van der Waals surface area (Å²) in [7, 11) is 1.33. The van der Waals surface area contributed by atoms with Crippen LogP contribution in [0.3, 0.4) is 0 Å². The Morgan fingerprint density at radius 1 is 1.29 bits per heavy atom. The summed E-state index contributed by atoms with van der Waals surface area (Å²) >= 11 is 0. The lowest BCUT2D eigenvalue weighted by Gasteiger charge is -2.33. The largest absolute Gasteiger partial charge is 0.464 e. The molecule has 0 amide bonds. The second-order valence-corrected chi connectivity index (χ2v) is 5.30. The van der Waals surface area contributed by atoms with Crippen LogP contribution in [0.25, 0.3) is 0 Å². The van der Waals surface area contributed by atoms with Crippen LogP contribution < -0.4 is 4.90 Å². The normalized spacial score (nSPS) is 17.2. The van der Waals surface area contributed by atoms with E-state index in [1.165, 1.54) is 18.9 Å². The van der Waals surface area contributed by atoms with Crippen molar-refractivity contribution in [3.05, 3.63) is 47.9 Å². The van der Waals surface area contributed by atoms with Crippen molar-refractivity contribution in [2.24, 2.45) is 5.92 Å². The molecule has 1 aromatic heterocycles. The minimum Gasteiger partial charge on any atom is -0.464 e. The van der Waals surface area contributed by atoms with Gasteiger partial charge in [-0.25, -0.2) is 14.8 Å². The molecule has 5 heteroatoms. The molecule has 108 valence electrons. The number of aromatic nitrogens is 2. The number of rotatable bonds is 2. The number of anilines is 2. The van der Waals surface area contributed by atoms with Crippen LogP contribution in [0.5, 0.6) is 0 Å². The van der Waals surface area contributed by atoms with Gasteiger partial charge in [0.15, 0.2) is 11.5 Å². The van der Waals surface area contributed by atoms with Gasteiger partial charge in [-0.15, -0.1) is 0 Å². The first-order valence-electron chi connectivity index (χ1n) is 6.95. The van der Waals surface area contributed by atoms with Crippen molar-refractivity contribution in [2.45, 2.75) is 13.3 Å². The lowest BCUT2D eigenvalue weighted by molar-refractivity contribution is 0.0593. The summed E-state index contributed by atoms with van der Waals surface area (Å²) in [5, 5.41) is 0. The third kappa shape index (κ3) is 2.59. The van der Waals surface area contributed by atoms with Crippen molar-refractivity contribution in [1.82, 2.24) is 9.97 Å². The highest BCUT2D eigenvalue weighted by Crippen LogP contribution is 2.33. The molecule has 0 radical (unpaired) electrons. The van der Waals surface area contributed by atoms with Crippen LogP contribution in [0.4, 0.5) is 11.5 Å². The van der Waals surface area contributed by atoms with Gasteiger partial charge in [-0.2, -0.15) is 0 Å². The molecule has 1 aromatic carbocycles. The summed E-state index contributed by atoms with van der Waals surface area (Å²) in [6.45, 7) is 3.11. The Kier molecular flexibility index (Phi) is 3.56. The zero-order chi connectivity index (χ0) is 14.8. The molecule has 1 unspecified atom stereocenters. The van der Waals surface area contributed by atoms with Crippen molar-refractivity contribution >= 4 is 17.5 Å². The van der Waals surface area contributed by atoms with E-state index in [2.05, 4.69) is 44.7 Å². The lowest BCUT2D eigenvalue weighted by atomic mass is 9.94. The molecule has 0 aliphatic carbocycles. The fourth-order valence-electron chi connectivity index (χ4n) is 2.68. The maximum atomic E-state index is 11.4. The number of fused-ring (bicyclic) bond motifs is 1. The first-order chi connectivity index (χ1) is 10.2. The monoisotopic (exact) mass is 283 g/mol. The Morgan fingerprint density at radius 3 is 2.81 bits per heavy atom. The number of ether oxygens (including phenoxy) is 1. The first kappa shape index (κ1) is 13.5. The summed E-state index contributed by atoms with van der Waals surface area (Å²) in [6.07, 6.45) is 4.16. The molecule has 0 saturated carbocycles. The number of carbonyl (C=O) groups is 1. The first-order valence-corrected chi connectivity index (χ1v) is 6.95. The quantitative estimate of drug-likeness (QED) is 0.793. The van der Waals surface area contributed by atoms with E-state index in [9.17, 15) is 4.79 Å². The number of para-hydroxylation sites is 1. The molecular formula is C16H17N3O2. The molecule has 0 N–H and O–H groups in total. The molecule has 0 fully saturated rings. The standard InChI is InChI=1S/C16H17N3O2/c1-11-7-12-5-3-4-6-14(12)19(10-11)15-9-17-13(8-18-15)16(20)21-2/h3-6,8-9,11H,7,10H2,1-2H3. The molecule has 1 aliphatic heterocycles. The molecule has 2 aromatic rings. The fraction of sp³-hybridized carbons (Fsp3) is 0.312. The third-order valence-electron chi connectivity index (χ3n) is 3.65. The van der Waals surface area contributed by atoms with Crippen molar-refractivity contribution < 1.29 is 9.53 Å². The van der Waals surface area contributed by atoms with Crippen molar-refractivity contribution in [3.63, 3.8) is 0 Å². The minimum atomic E-state index is -0.471. The Hall–Kier alpha value is -2.43. The van der Waals surface area contributed by atoms with Crippen molar-refractivity contribution in [3.8, 4) is 0 Å². The van der Waals surface area contributed by atoms with Gasteiger partial charge in [0.25, 0.3) is 0 Å². The van der Waals surface area contributed by atoms with Crippen LogP contribution in [-0.2, 0) is 11.2 Å². The van der Waals surface area contributed by atoms with Gasteiger partial charge in [0, 0.05) is 12.2 Å². The number of benzene rings is 1. The predicted octanol–water partition coefficient (Wildman–Crippen LogP) is 2.59. The van der Waals surface area contributed by atoms with Gasteiger partial charge >= 0.3 is 5.97 Å². The molecule has 0 saturated heterocycles. The second-order valence-electron chi connectivity index (χ2n) is 5.30. The molecule has 0 bridgehead atoms. The van der Waals surface area contributed by atoms with E-state index < -0.39 is 5.97 Å². The zero-order valence-corrected chi connectivity index (χ0v) is 12.1. The van der Waals surface area contributed by atoms with Gasteiger partial charge in [0.1, 0.15) is 0 Å². The van der Waals surface area contributed by atoms with Gasteiger partial charge < -0.3 is 9.64 Å². The van der Waals surface area contributed by atoms with Gasteiger partial charge in [0.2, 0.25) is 0 Å². The van der Waals surface area contributed by atoms with E-state index in [0.29, 0.717) is 5.92 Å². The number of nitrogens with zero attached hydrogens (tertiary/aromatic N) is 3. The highest BCUT2D eigenvalue weighted by atomic mass is 16.5. The van der Waals surface area contributed by atoms with E-state index in [0.717, 1.165) is 24.5 Å². The van der Waals surface area contributed by atoms with Crippen molar-refractivity contribution in [1.29, 1.82) is 0 Å². The van der Waals surface area contributed by atoms with Gasteiger partial charge in [-0.3, -0.25) is 0 Å². The Morgan fingerprint density at radius 2 is 2.10 bits per heavy atom. The van der Waals surface area contributed by atoms with Gasteiger partial charge in [0.05, 0.1) is 19.5 Å². The van der Waals surface area contributed by atoms with E-state index in [1.807, 2.05) is 6.07 Å². The number of hydrogen-bond donors (Lipinski definition) is 0. The highest BCUT2D eigenvalue weighted by molar-refractivity contribution is 5.86. The second kappa shape index (κ2) is 5.52. The minimum absolute atomic E-state index is 0.222. The number of esters is 1. The van der Waals surface area contributed by atoms with Crippen LogP contribution in [0.15, 0.2) is 36.7 Å². The zero-order valence-electron chi connectivity index (χ0n) is 12.1. The van der Waals surface area contributed by atoms with Gasteiger partial charge in [-0.05, 0) is 24.0 Å². The van der Waals surface area contributed by atoms with Crippen LogP contribution >= 0.6 is 0 Å². The summed E-state index contributed by atoms with van der Waals surface area (Å²) in [5.41, 5.74) is 2.70. The molecule has 21 heavy (non-hydrogen) atoms. The van der Waals surface area contributed by atoms with E-state index in [4.69, 9.17) is 0 Å². The molecule has 3 rings (SSSR count). The van der Waals surface area contributed by atoms with Gasteiger partial charge in [-0.1, -0.05) is 25.1 Å². The Balaban J connectivity index is 1.95. The molecule has 1 aliphatic rings. The predicted molar refractivity (Wildman–Crippen MR) is 79.7 cm³/mol. The molecule has 2 heterocycles. The van der Waals surface area contributed by atoms with E-state index in [1.54, 1.807) is 6.20 Å². The topological polar surface area (TPSA) is 55.3 Å². The number of hydrogen-bond acceptors (Lipinski definition) is 5. The van der Waals surface area contributed by atoms with Crippen LogP contribution in [0, 0.1) is 5.92 Å². The van der Waals surface area contributed by atoms with E-state index >= 15 is 0 Å².